The van der Waals surface area contributed by atoms with Crippen molar-refractivity contribution < 1.29 is 27.9 Å². The highest BCUT2D eigenvalue weighted by Crippen LogP contribution is 2.35. The lowest BCUT2D eigenvalue weighted by atomic mass is 9.86. The van der Waals surface area contributed by atoms with Crippen molar-refractivity contribution in [1.29, 1.82) is 0 Å². The molecule has 20 heavy (non-hydrogen) atoms. The average Bonchev–Trinajstić information content (AvgIpc) is 2.67. The van der Waals surface area contributed by atoms with Crippen LogP contribution in [0.2, 0.25) is 0 Å². The Morgan fingerprint density at radius 3 is 2.45 bits per heavy atom. The number of carbonyl (C=O) groups excluding carboxylic acids is 1. The molecule has 1 saturated heterocycles. The molecule has 2 heterocycles. The lowest BCUT2D eigenvalue weighted by Crippen LogP contribution is -2.67. The highest BCUT2D eigenvalue weighted by atomic mass is 127. The molecule has 10 heteroatoms. The number of halogens is 4. The zero-order chi connectivity index (χ0) is 15.1. The lowest BCUT2D eigenvalue weighted by molar-refractivity contribution is -0.196. The van der Waals surface area contributed by atoms with Gasteiger partial charge in [-0.2, -0.15) is 18.3 Å². The predicted octanol–water partition coefficient (Wildman–Crippen LogP) is 1.06. The van der Waals surface area contributed by atoms with E-state index in [2.05, 4.69) is 5.10 Å². The molecule has 1 aromatic rings. The van der Waals surface area contributed by atoms with Crippen molar-refractivity contribution in [1.82, 2.24) is 14.7 Å². The van der Waals surface area contributed by atoms with Crippen LogP contribution in [-0.2, 0) is 15.1 Å². The topological polar surface area (TPSA) is 75.4 Å². The predicted molar refractivity (Wildman–Crippen MR) is 67.8 cm³/mol. The van der Waals surface area contributed by atoms with E-state index in [-0.39, 0.29) is 13.1 Å². The summed E-state index contributed by atoms with van der Waals surface area (Å²) in [5, 5.41) is 12.9. The monoisotopic (exact) mass is 403 g/mol. The molecule has 110 valence electrons. The molecule has 1 fully saturated rings. The molecule has 1 aliphatic rings. The third-order valence-corrected chi connectivity index (χ3v) is 3.60. The van der Waals surface area contributed by atoms with Crippen molar-refractivity contribution >= 4 is 34.5 Å². The molecule has 0 aromatic carbocycles. The summed E-state index contributed by atoms with van der Waals surface area (Å²) in [6, 6.07) is 1.61. The summed E-state index contributed by atoms with van der Waals surface area (Å²) >= 11 is 1.91. The summed E-state index contributed by atoms with van der Waals surface area (Å²) in [5.74, 6) is -3.12. The smallest absolute Gasteiger partial charge is 0.471 e. The second-order valence-electron chi connectivity index (χ2n) is 4.54. The molecular formula is C10H9F3IN3O3. The Hall–Kier alpha value is -1.33. The number of hydrogen-bond acceptors (Lipinski definition) is 3. The maximum Gasteiger partial charge on any atom is 0.471 e. The van der Waals surface area contributed by atoms with Gasteiger partial charge < -0.3 is 10.0 Å². The Morgan fingerprint density at radius 1 is 1.45 bits per heavy atom. The van der Waals surface area contributed by atoms with Gasteiger partial charge in [0.2, 0.25) is 0 Å². The molecule has 0 unspecified atom stereocenters. The summed E-state index contributed by atoms with van der Waals surface area (Å²) in [6.45, 7) is -0.648. The number of amides is 1. The van der Waals surface area contributed by atoms with Gasteiger partial charge in [0.1, 0.15) is 9.24 Å². The third kappa shape index (κ3) is 2.74. The van der Waals surface area contributed by atoms with E-state index in [1.54, 1.807) is 6.07 Å². The average molecular weight is 403 g/mol. The molecule has 0 spiro atoms. The van der Waals surface area contributed by atoms with Crippen molar-refractivity contribution in [3.05, 3.63) is 16.0 Å². The van der Waals surface area contributed by atoms with Gasteiger partial charge in [0.05, 0.1) is 6.42 Å². The van der Waals surface area contributed by atoms with E-state index in [0.717, 1.165) is 0 Å². The van der Waals surface area contributed by atoms with Gasteiger partial charge in [-0.05, 0) is 28.7 Å². The highest BCUT2D eigenvalue weighted by Gasteiger charge is 2.54. The number of carboxylic acids is 1. The van der Waals surface area contributed by atoms with Crippen molar-refractivity contribution in [2.24, 2.45) is 0 Å². The fraction of sp³-hybridized carbons (Fsp3) is 0.500. The first-order valence-electron chi connectivity index (χ1n) is 5.44. The molecule has 0 aliphatic carbocycles. The molecule has 1 aromatic heterocycles. The summed E-state index contributed by atoms with van der Waals surface area (Å²) in [5.41, 5.74) is -1.11. The van der Waals surface area contributed by atoms with Crippen LogP contribution in [0.1, 0.15) is 6.42 Å². The Morgan fingerprint density at radius 2 is 2.05 bits per heavy atom. The normalized spacial score (nSPS) is 17.7. The molecule has 1 N–H and O–H groups in total. The fourth-order valence-corrected chi connectivity index (χ4v) is 2.57. The van der Waals surface area contributed by atoms with Crippen molar-refractivity contribution in [3.63, 3.8) is 0 Å². The number of aromatic nitrogens is 2. The Balaban J connectivity index is 2.19. The quantitative estimate of drug-likeness (QED) is 0.767. The zero-order valence-corrected chi connectivity index (χ0v) is 12.1. The summed E-state index contributed by atoms with van der Waals surface area (Å²) in [4.78, 5) is 22.6. The van der Waals surface area contributed by atoms with E-state index in [0.29, 0.717) is 8.60 Å². The number of alkyl halides is 3. The van der Waals surface area contributed by atoms with E-state index in [1.165, 1.54) is 10.9 Å². The van der Waals surface area contributed by atoms with E-state index >= 15 is 0 Å². The molecule has 0 bridgehead atoms. The minimum absolute atomic E-state index is 0.324. The molecule has 0 radical (unpaired) electrons. The van der Waals surface area contributed by atoms with Crippen LogP contribution in [-0.4, -0.2) is 50.9 Å². The van der Waals surface area contributed by atoms with E-state index < -0.39 is 30.0 Å². The summed E-state index contributed by atoms with van der Waals surface area (Å²) < 4.78 is 38.8. The number of hydrogen-bond donors (Lipinski definition) is 1. The highest BCUT2D eigenvalue weighted by molar-refractivity contribution is 14.1. The lowest BCUT2D eigenvalue weighted by Gasteiger charge is -2.49. The molecule has 0 atom stereocenters. The third-order valence-electron chi connectivity index (χ3n) is 3.02. The maximum atomic E-state index is 12.3. The minimum Gasteiger partial charge on any atom is -0.481 e. The molecule has 0 saturated carbocycles. The second-order valence-corrected chi connectivity index (χ2v) is 5.64. The minimum atomic E-state index is -4.95. The van der Waals surface area contributed by atoms with Gasteiger partial charge in [-0.25, -0.2) is 0 Å². The molecular weight excluding hydrogens is 394 g/mol. The fourth-order valence-electron chi connectivity index (χ4n) is 2.17. The van der Waals surface area contributed by atoms with Crippen LogP contribution >= 0.6 is 22.6 Å². The van der Waals surface area contributed by atoms with Gasteiger partial charge in [-0.1, -0.05) is 0 Å². The first-order chi connectivity index (χ1) is 9.14. The van der Waals surface area contributed by atoms with Gasteiger partial charge >= 0.3 is 18.1 Å². The number of aliphatic carboxylic acids is 1. The molecule has 6 nitrogen and oxygen atoms in total. The van der Waals surface area contributed by atoms with Crippen LogP contribution in [0.5, 0.6) is 0 Å². The number of nitrogens with zero attached hydrogens (tertiary/aromatic N) is 3. The number of carbonyl (C=O) groups is 2. The largest absolute Gasteiger partial charge is 0.481 e. The summed E-state index contributed by atoms with van der Waals surface area (Å²) in [7, 11) is 0. The van der Waals surface area contributed by atoms with Crippen LogP contribution in [0.25, 0.3) is 0 Å². The van der Waals surface area contributed by atoms with Gasteiger partial charge in [-0.3, -0.25) is 14.3 Å². The van der Waals surface area contributed by atoms with Crippen LogP contribution in [0.3, 0.4) is 0 Å². The van der Waals surface area contributed by atoms with E-state index in [1.807, 2.05) is 22.6 Å². The van der Waals surface area contributed by atoms with Crippen molar-refractivity contribution in [2.45, 2.75) is 18.1 Å². The van der Waals surface area contributed by atoms with E-state index in [9.17, 15) is 22.8 Å². The Bertz CT molecular complexity index is 551. The molecule has 1 amide bonds. The van der Waals surface area contributed by atoms with Crippen LogP contribution in [0.15, 0.2) is 12.3 Å². The number of likely N-dealkylation sites (tertiary alicyclic amines) is 1. The first kappa shape index (κ1) is 15.1. The SMILES string of the molecule is O=C(O)CC1(n2ccc(I)n2)CN(C(=O)C(F)(F)F)C1. The van der Waals surface area contributed by atoms with Crippen molar-refractivity contribution in [3.8, 4) is 0 Å². The number of carboxylic acid groups (broad SMARTS) is 1. The molecule has 2 rings (SSSR count). The van der Waals surface area contributed by atoms with Crippen LogP contribution in [0, 0.1) is 3.70 Å². The van der Waals surface area contributed by atoms with Gasteiger partial charge in [0.25, 0.3) is 0 Å². The summed E-state index contributed by atoms with van der Waals surface area (Å²) in [6.07, 6.45) is -3.85. The van der Waals surface area contributed by atoms with Gasteiger partial charge in [-0.15, -0.1) is 0 Å². The first-order valence-corrected chi connectivity index (χ1v) is 6.51. The van der Waals surface area contributed by atoms with Crippen molar-refractivity contribution in [2.75, 3.05) is 13.1 Å². The van der Waals surface area contributed by atoms with Gasteiger partial charge in [0, 0.05) is 19.3 Å². The van der Waals surface area contributed by atoms with Crippen LogP contribution in [0.4, 0.5) is 13.2 Å². The Labute approximate surface area is 124 Å². The zero-order valence-electron chi connectivity index (χ0n) is 9.89. The van der Waals surface area contributed by atoms with Crippen LogP contribution < -0.4 is 0 Å². The van der Waals surface area contributed by atoms with E-state index in [4.69, 9.17) is 5.11 Å². The molecule has 1 aliphatic heterocycles. The maximum absolute atomic E-state index is 12.3. The standard InChI is InChI=1S/C10H9F3IN3O3/c11-10(12,13)8(20)16-4-9(5-16,3-7(18)19)17-2-1-6(14)15-17/h1-2H,3-5H2,(H,18,19). The Kier molecular flexibility index (Phi) is 3.69. The number of rotatable bonds is 3. The van der Waals surface area contributed by atoms with Gasteiger partial charge in [0.15, 0.2) is 0 Å². The second kappa shape index (κ2) is 4.90.